The first-order valence-electron chi connectivity index (χ1n) is 1.73. The zero-order valence-electron chi connectivity index (χ0n) is 4.60. The number of rotatable bonds is 2. The molecule has 0 saturated heterocycles. The van der Waals surface area contributed by atoms with Crippen LogP contribution in [0.5, 0.6) is 0 Å². The smallest absolute Gasteiger partial charge is 0.480 e. The van der Waals surface area contributed by atoms with Crippen LogP contribution in [0.3, 0.4) is 0 Å². The van der Waals surface area contributed by atoms with Gasteiger partial charge in [0, 0.05) is 5.88 Å². The molecule has 7 heavy (non-hydrogen) atoms. The summed E-state index contributed by atoms with van der Waals surface area (Å²) in [6.45, 7) is 0. The Labute approximate surface area is 47.6 Å². The molecule has 0 bridgehead atoms. The average molecular weight is 125 g/mol. The Morgan fingerprint density at radius 1 is 2.14 bits per heavy atom. The second kappa shape index (κ2) is 2.82. The third-order valence-corrected chi connectivity index (χ3v) is 0.816. The Bertz CT molecular complexity index is 79.7. The Morgan fingerprint density at radius 2 is 2.57 bits per heavy atom. The maximum absolute atomic E-state index is 9.72. The van der Waals surface area contributed by atoms with E-state index in [1.807, 2.05) is 0 Å². The van der Waals surface area contributed by atoms with Crippen molar-refractivity contribution in [2.24, 2.45) is 5.73 Å². The lowest BCUT2D eigenvalue weighted by Crippen LogP contribution is -2.31. The van der Waals surface area contributed by atoms with Gasteiger partial charge in [-0.15, -0.1) is 11.6 Å². The highest BCUT2D eigenvalue weighted by atomic mass is 35.5. The molecule has 1 atom stereocenters. The van der Waals surface area contributed by atoms with Gasteiger partial charge in [0.15, 0.2) is 0 Å². The number of carboxylic acids is 1. The van der Waals surface area contributed by atoms with Gasteiger partial charge in [-0.2, -0.15) is 0 Å². The average Bonchev–Trinajstić information content (AvgIpc) is 1.65. The van der Waals surface area contributed by atoms with Crippen LogP contribution in [0.4, 0.5) is 0 Å². The van der Waals surface area contributed by atoms with Gasteiger partial charge in [-0.1, -0.05) is 0 Å². The summed E-state index contributed by atoms with van der Waals surface area (Å²) < 4.78 is 0. The van der Waals surface area contributed by atoms with Crippen LogP contribution < -0.4 is 5.73 Å². The summed E-state index contributed by atoms with van der Waals surface area (Å²) >= 11 is 5.04. The Hall–Kier alpha value is -0.280. The van der Waals surface area contributed by atoms with Crippen molar-refractivity contribution in [3.8, 4) is 0 Å². The minimum absolute atomic E-state index is 0. The van der Waals surface area contributed by atoms with Crippen LogP contribution in [0.15, 0.2) is 0 Å². The van der Waals surface area contributed by atoms with E-state index < -0.39 is 12.0 Å². The van der Waals surface area contributed by atoms with E-state index in [1.54, 1.807) is 0 Å². The van der Waals surface area contributed by atoms with Crippen molar-refractivity contribution in [2.45, 2.75) is 6.04 Å². The van der Waals surface area contributed by atoms with E-state index in [2.05, 4.69) is 0 Å². The molecule has 42 valence electrons. The largest absolute Gasteiger partial charge is 1.00 e. The van der Waals surface area contributed by atoms with Crippen LogP contribution in [0.2, 0.25) is 0 Å². The first-order valence-corrected chi connectivity index (χ1v) is 2.26. The highest BCUT2D eigenvalue weighted by molar-refractivity contribution is 6.19. The number of alkyl halides is 1. The topological polar surface area (TPSA) is 63.3 Å². The van der Waals surface area contributed by atoms with E-state index in [1.165, 1.54) is 0 Å². The first kappa shape index (κ1) is 6.72. The van der Waals surface area contributed by atoms with E-state index in [9.17, 15) is 4.79 Å². The summed E-state index contributed by atoms with van der Waals surface area (Å²) in [5.74, 6) is -1.09. The highest BCUT2D eigenvalue weighted by Crippen LogP contribution is 1.80. The number of hydrogen-bond donors (Lipinski definition) is 2. The number of carbonyl (C=O) groups is 1. The van der Waals surface area contributed by atoms with Gasteiger partial charge in [0.2, 0.25) is 0 Å². The van der Waals surface area contributed by atoms with Crippen molar-refractivity contribution < 1.29 is 11.3 Å². The Morgan fingerprint density at radius 3 is 2.57 bits per heavy atom. The van der Waals surface area contributed by atoms with Gasteiger partial charge in [-0.3, -0.25) is 4.79 Å². The molecule has 0 fully saturated rings. The van der Waals surface area contributed by atoms with Crippen LogP contribution in [0.25, 0.3) is 0 Å². The Balaban J connectivity index is 0. The number of carboxylic acid groups (broad SMARTS) is 1. The second-order valence-electron chi connectivity index (χ2n) is 1.10. The summed E-state index contributed by atoms with van der Waals surface area (Å²) in [7, 11) is 0. The predicted molar refractivity (Wildman–Crippen MR) is 27.4 cm³/mol. The van der Waals surface area contributed by atoms with E-state index in [0.29, 0.717) is 0 Å². The van der Waals surface area contributed by atoms with Gasteiger partial charge in [0.05, 0.1) is 0 Å². The number of nitrogens with two attached hydrogens (primary N) is 1. The lowest BCUT2D eigenvalue weighted by atomic mass is 10.4. The zero-order valence-corrected chi connectivity index (χ0v) is 4.35. The minimum atomic E-state index is -1.06. The SMILES string of the molecule is N[C@H](CCl)C(=O)O.[H+]. The summed E-state index contributed by atoms with van der Waals surface area (Å²) in [6.07, 6.45) is 0. The molecule has 0 radical (unpaired) electrons. The van der Waals surface area contributed by atoms with E-state index in [0.717, 1.165) is 0 Å². The molecule has 0 aromatic heterocycles. The normalized spacial score (nSPS) is 13.4. The molecular formula is C3H7ClNO2+. The summed E-state index contributed by atoms with van der Waals surface area (Å²) in [5.41, 5.74) is 4.88. The van der Waals surface area contributed by atoms with Crippen LogP contribution in [0, 0.1) is 0 Å². The maximum atomic E-state index is 9.72. The minimum Gasteiger partial charge on any atom is -0.480 e. The van der Waals surface area contributed by atoms with Gasteiger partial charge in [0.25, 0.3) is 0 Å². The van der Waals surface area contributed by atoms with Crippen molar-refractivity contribution in [3.05, 3.63) is 0 Å². The summed E-state index contributed by atoms with van der Waals surface area (Å²) in [4.78, 5) is 9.72. The molecule has 0 aliphatic rings. The number of halogens is 1. The lowest BCUT2D eigenvalue weighted by Gasteiger charge is -1.95. The molecule has 3 nitrogen and oxygen atoms in total. The van der Waals surface area contributed by atoms with Gasteiger partial charge in [0.1, 0.15) is 6.04 Å². The summed E-state index contributed by atoms with van der Waals surface area (Å²) in [6, 6.07) is -0.915. The Kier molecular flexibility index (Phi) is 2.71. The molecule has 0 saturated carbocycles. The molecule has 0 rings (SSSR count). The molecule has 0 unspecified atom stereocenters. The fourth-order valence-electron chi connectivity index (χ4n) is 0.0660. The molecular weight excluding hydrogens is 117 g/mol. The molecule has 0 spiro atoms. The van der Waals surface area contributed by atoms with Crippen LogP contribution in [0.1, 0.15) is 1.43 Å². The maximum Gasteiger partial charge on any atom is 1.00 e. The van der Waals surface area contributed by atoms with Crippen LogP contribution >= 0.6 is 11.6 Å². The molecule has 3 N–H and O–H groups in total. The van der Waals surface area contributed by atoms with E-state index >= 15 is 0 Å². The first-order chi connectivity index (χ1) is 3.18. The van der Waals surface area contributed by atoms with Crippen molar-refractivity contribution in [1.82, 2.24) is 0 Å². The molecule has 0 heterocycles. The fourth-order valence-corrected chi connectivity index (χ4v) is 0.198. The van der Waals surface area contributed by atoms with Gasteiger partial charge >= 0.3 is 7.40 Å². The van der Waals surface area contributed by atoms with E-state index in [4.69, 9.17) is 22.4 Å². The van der Waals surface area contributed by atoms with Crippen molar-refractivity contribution >= 4 is 17.6 Å². The molecule has 0 amide bonds. The monoisotopic (exact) mass is 124 g/mol. The van der Waals surface area contributed by atoms with Crippen molar-refractivity contribution in [3.63, 3.8) is 0 Å². The van der Waals surface area contributed by atoms with Crippen molar-refractivity contribution in [2.75, 3.05) is 5.88 Å². The standard InChI is InChI=1S/C3H6ClNO2/c4-1-2(5)3(6)7/h2H,1,5H2,(H,6,7)/p+1/t2-/m1/s1. The number of hydrogen-bond acceptors (Lipinski definition) is 2. The molecule has 4 heteroatoms. The lowest BCUT2D eigenvalue weighted by molar-refractivity contribution is -0.137. The number of aliphatic carboxylic acids is 1. The highest BCUT2D eigenvalue weighted by Gasteiger charge is 2.07. The van der Waals surface area contributed by atoms with Gasteiger partial charge in [-0.25, -0.2) is 0 Å². The second-order valence-corrected chi connectivity index (χ2v) is 1.41. The van der Waals surface area contributed by atoms with E-state index in [-0.39, 0.29) is 7.31 Å². The van der Waals surface area contributed by atoms with Gasteiger partial charge in [-0.05, 0) is 0 Å². The molecule has 0 aromatic rings. The fraction of sp³-hybridized carbons (Fsp3) is 0.667. The molecule has 0 aromatic carbocycles. The predicted octanol–water partition coefficient (Wildman–Crippen LogP) is -0.250. The van der Waals surface area contributed by atoms with Crippen molar-refractivity contribution in [1.29, 1.82) is 0 Å². The zero-order chi connectivity index (χ0) is 5.86. The third-order valence-electron chi connectivity index (χ3n) is 0.483. The van der Waals surface area contributed by atoms with Gasteiger partial charge < -0.3 is 10.8 Å². The van der Waals surface area contributed by atoms with Crippen LogP contribution in [-0.2, 0) is 4.79 Å². The quantitative estimate of drug-likeness (QED) is 0.499. The molecule has 0 aliphatic heterocycles. The third kappa shape index (κ3) is 2.42. The van der Waals surface area contributed by atoms with Crippen LogP contribution in [-0.4, -0.2) is 23.0 Å². The summed E-state index contributed by atoms with van der Waals surface area (Å²) in [5, 5.41) is 7.97. The molecule has 0 aliphatic carbocycles.